The molecule has 1 fully saturated rings. The van der Waals surface area contributed by atoms with E-state index in [2.05, 4.69) is 36.3 Å². The summed E-state index contributed by atoms with van der Waals surface area (Å²) in [6.07, 6.45) is 4.22. The first-order chi connectivity index (χ1) is 7.29. The Morgan fingerprint density at radius 3 is 2.67 bits per heavy atom. The average molecular weight is 203 g/mol. The lowest BCUT2D eigenvalue weighted by atomic mass is 9.83. The van der Waals surface area contributed by atoms with E-state index >= 15 is 0 Å². The van der Waals surface area contributed by atoms with Gasteiger partial charge in [-0.25, -0.2) is 0 Å². The number of hydrogen-bond donors (Lipinski definition) is 1. The summed E-state index contributed by atoms with van der Waals surface area (Å²) in [5, 5.41) is 12.1. The van der Waals surface area contributed by atoms with Gasteiger partial charge in [-0.05, 0) is 44.1 Å². The second-order valence-corrected chi connectivity index (χ2v) is 4.37. The Morgan fingerprint density at radius 1 is 1.27 bits per heavy atom. The topological polar surface area (TPSA) is 32.6 Å². The summed E-state index contributed by atoms with van der Waals surface area (Å²) in [6, 6.07) is 8.69. The van der Waals surface area contributed by atoms with Gasteiger partial charge in [0.05, 0.1) is 5.71 Å². The van der Waals surface area contributed by atoms with Crippen molar-refractivity contribution in [2.45, 2.75) is 38.5 Å². The Bertz CT molecular complexity index is 353. The molecule has 1 aliphatic rings. The molecular formula is C13H17NO. The number of nitrogens with zero attached hydrogens (tertiary/aromatic N) is 1. The SMILES string of the molecule is Cc1ccc(C2CCC/C(=N/O)C2)cc1. The van der Waals surface area contributed by atoms with Gasteiger partial charge >= 0.3 is 0 Å². The molecule has 0 saturated heterocycles. The highest BCUT2D eigenvalue weighted by Gasteiger charge is 2.19. The van der Waals surface area contributed by atoms with Crippen LogP contribution in [-0.2, 0) is 0 Å². The van der Waals surface area contributed by atoms with Gasteiger partial charge in [-0.15, -0.1) is 0 Å². The smallest absolute Gasteiger partial charge is 0.0576 e. The van der Waals surface area contributed by atoms with Crippen molar-refractivity contribution < 1.29 is 5.21 Å². The Hall–Kier alpha value is -1.31. The number of aryl methyl sites for hydroxylation is 1. The van der Waals surface area contributed by atoms with Crippen LogP contribution in [-0.4, -0.2) is 10.9 Å². The number of benzene rings is 1. The standard InChI is InChI=1S/C13H17NO/c1-10-5-7-11(8-6-10)12-3-2-4-13(9-12)14-15/h5-8,12,15H,2-4,9H2,1H3/b14-13-. The van der Waals surface area contributed by atoms with Crippen LogP contribution in [0.25, 0.3) is 0 Å². The molecule has 1 atom stereocenters. The molecule has 1 N–H and O–H groups in total. The third kappa shape index (κ3) is 2.38. The molecule has 0 aromatic heterocycles. The summed E-state index contributed by atoms with van der Waals surface area (Å²) in [7, 11) is 0. The first-order valence-electron chi connectivity index (χ1n) is 5.56. The van der Waals surface area contributed by atoms with Gasteiger partial charge in [0.25, 0.3) is 0 Å². The summed E-state index contributed by atoms with van der Waals surface area (Å²) in [6.45, 7) is 2.10. The van der Waals surface area contributed by atoms with Crippen molar-refractivity contribution in [2.24, 2.45) is 5.16 Å². The highest BCUT2D eigenvalue weighted by molar-refractivity contribution is 5.85. The molecule has 1 aromatic rings. The molecular weight excluding hydrogens is 186 g/mol. The predicted octanol–water partition coefficient (Wildman–Crippen LogP) is 3.48. The van der Waals surface area contributed by atoms with Gasteiger partial charge in [-0.3, -0.25) is 0 Å². The van der Waals surface area contributed by atoms with E-state index in [4.69, 9.17) is 5.21 Å². The first kappa shape index (κ1) is 10.2. The molecule has 0 spiro atoms. The molecule has 2 rings (SSSR count). The van der Waals surface area contributed by atoms with Crippen LogP contribution in [0, 0.1) is 6.92 Å². The lowest BCUT2D eigenvalue weighted by Gasteiger charge is -2.22. The van der Waals surface area contributed by atoms with Crippen molar-refractivity contribution in [3.8, 4) is 0 Å². The fourth-order valence-electron chi connectivity index (χ4n) is 2.26. The second-order valence-electron chi connectivity index (χ2n) is 4.37. The average Bonchev–Trinajstić information content (AvgIpc) is 2.30. The number of oxime groups is 1. The minimum Gasteiger partial charge on any atom is -0.411 e. The van der Waals surface area contributed by atoms with E-state index in [1.807, 2.05) is 0 Å². The largest absolute Gasteiger partial charge is 0.411 e. The van der Waals surface area contributed by atoms with E-state index in [1.165, 1.54) is 17.5 Å². The normalized spacial score (nSPS) is 24.3. The van der Waals surface area contributed by atoms with Gasteiger partial charge in [-0.1, -0.05) is 35.0 Å². The van der Waals surface area contributed by atoms with Crippen LogP contribution >= 0.6 is 0 Å². The van der Waals surface area contributed by atoms with Crippen LogP contribution < -0.4 is 0 Å². The molecule has 0 radical (unpaired) electrons. The van der Waals surface area contributed by atoms with E-state index < -0.39 is 0 Å². The maximum atomic E-state index is 8.79. The van der Waals surface area contributed by atoms with Crippen molar-refractivity contribution >= 4 is 5.71 Å². The van der Waals surface area contributed by atoms with Crippen LogP contribution in [0.1, 0.15) is 42.7 Å². The van der Waals surface area contributed by atoms with Crippen molar-refractivity contribution in [3.05, 3.63) is 35.4 Å². The van der Waals surface area contributed by atoms with Gasteiger partial charge in [0.1, 0.15) is 0 Å². The fraction of sp³-hybridized carbons (Fsp3) is 0.462. The molecule has 1 aromatic carbocycles. The zero-order chi connectivity index (χ0) is 10.7. The van der Waals surface area contributed by atoms with E-state index in [0.717, 1.165) is 25.0 Å². The second kappa shape index (κ2) is 4.47. The lowest BCUT2D eigenvalue weighted by Crippen LogP contribution is -2.13. The fourth-order valence-corrected chi connectivity index (χ4v) is 2.26. The van der Waals surface area contributed by atoms with Crippen molar-refractivity contribution in [2.75, 3.05) is 0 Å². The quantitative estimate of drug-likeness (QED) is 0.550. The van der Waals surface area contributed by atoms with Crippen molar-refractivity contribution in [1.29, 1.82) is 0 Å². The molecule has 15 heavy (non-hydrogen) atoms. The summed E-state index contributed by atoms with van der Waals surface area (Å²) in [5.74, 6) is 0.547. The van der Waals surface area contributed by atoms with Gasteiger partial charge in [-0.2, -0.15) is 0 Å². The maximum Gasteiger partial charge on any atom is 0.0576 e. The Labute approximate surface area is 90.6 Å². The third-order valence-corrected chi connectivity index (χ3v) is 3.19. The molecule has 0 bridgehead atoms. The molecule has 2 nitrogen and oxygen atoms in total. The van der Waals surface area contributed by atoms with Gasteiger partial charge in [0, 0.05) is 0 Å². The van der Waals surface area contributed by atoms with Crippen LogP contribution in [0.5, 0.6) is 0 Å². The molecule has 0 aliphatic heterocycles. The van der Waals surface area contributed by atoms with Crippen LogP contribution in [0.4, 0.5) is 0 Å². The molecule has 1 aliphatic carbocycles. The number of hydrogen-bond acceptors (Lipinski definition) is 2. The lowest BCUT2D eigenvalue weighted by molar-refractivity contribution is 0.313. The van der Waals surface area contributed by atoms with Gasteiger partial charge in [0.15, 0.2) is 0 Å². The van der Waals surface area contributed by atoms with Gasteiger partial charge in [0.2, 0.25) is 0 Å². The molecule has 1 unspecified atom stereocenters. The Balaban J connectivity index is 2.13. The zero-order valence-electron chi connectivity index (χ0n) is 9.11. The summed E-state index contributed by atoms with van der Waals surface area (Å²) in [4.78, 5) is 0. The van der Waals surface area contributed by atoms with Crippen molar-refractivity contribution in [3.63, 3.8) is 0 Å². The summed E-state index contributed by atoms with van der Waals surface area (Å²) in [5.41, 5.74) is 3.62. The molecule has 1 saturated carbocycles. The maximum absolute atomic E-state index is 8.79. The summed E-state index contributed by atoms with van der Waals surface area (Å²) >= 11 is 0. The first-order valence-corrected chi connectivity index (χ1v) is 5.56. The summed E-state index contributed by atoms with van der Waals surface area (Å²) < 4.78 is 0. The minimum atomic E-state index is 0.547. The van der Waals surface area contributed by atoms with E-state index in [-0.39, 0.29) is 0 Å². The predicted molar refractivity (Wildman–Crippen MR) is 61.6 cm³/mol. The van der Waals surface area contributed by atoms with Crippen LogP contribution in [0.2, 0.25) is 0 Å². The number of rotatable bonds is 1. The molecule has 0 heterocycles. The minimum absolute atomic E-state index is 0.547. The van der Waals surface area contributed by atoms with Crippen molar-refractivity contribution in [1.82, 2.24) is 0 Å². The Kier molecular flexibility index (Phi) is 3.05. The Morgan fingerprint density at radius 2 is 2.00 bits per heavy atom. The zero-order valence-corrected chi connectivity index (χ0v) is 9.11. The van der Waals surface area contributed by atoms with E-state index in [9.17, 15) is 0 Å². The molecule has 80 valence electrons. The van der Waals surface area contributed by atoms with Gasteiger partial charge < -0.3 is 5.21 Å². The third-order valence-electron chi connectivity index (χ3n) is 3.19. The molecule has 2 heteroatoms. The van der Waals surface area contributed by atoms with E-state index in [1.54, 1.807) is 0 Å². The highest BCUT2D eigenvalue weighted by Crippen LogP contribution is 2.31. The monoisotopic (exact) mass is 203 g/mol. The molecule has 0 amide bonds. The van der Waals surface area contributed by atoms with E-state index in [0.29, 0.717) is 5.92 Å². The highest BCUT2D eigenvalue weighted by atomic mass is 16.4. The van der Waals surface area contributed by atoms with Crippen LogP contribution in [0.15, 0.2) is 29.4 Å². The van der Waals surface area contributed by atoms with Crippen LogP contribution in [0.3, 0.4) is 0 Å².